The minimum Gasteiger partial charge on any atom is -0.420 e. The molecule has 0 heterocycles. The first-order valence-corrected chi connectivity index (χ1v) is 8.92. The molecular formula is C18H23F5O7. The van der Waals surface area contributed by atoms with Crippen LogP contribution in [0.1, 0.15) is 6.42 Å². The van der Waals surface area contributed by atoms with Crippen molar-refractivity contribution in [3.8, 4) is 5.75 Å². The number of carbonyl (C=O) groups is 1. The van der Waals surface area contributed by atoms with Crippen molar-refractivity contribution in [2.24, 2.45) is 0 Å². The minimum absolute atomic E-state index is 0.107. The molecule has 0 spiro atoms. The van der Waals surface area contributed by atoms with Gasteiger partial charge in [-0.2, -0.15) is 8.78 Å². The molecule has 0 aliphatic heterocycles. The zero-order valence-corrected chi connectivity index (χ0v) is 16.3. The summed E-state index contributed by atoms with van der Waals surface area (Å²) in [5.41, 5.74) is 0. The van der Waals surface area contributed by atoms with Crippen LogP contribution in [-0.4, -0.2) is 72.5 Å². The number of esters is 1. The minimum atomic E-state index is -2.34. The summed E-state index contributed by atoms with van der Waals surface area (Å²) in [6.07, 6.45) is -0.467. The maximum Gasteiger partial charge on any atom is 0.313 e. The molecule has 0 saturated heterocycles. The molecule has 7 nitrogen and oxygen atoms in total. The summed E-state index contributed by atoms with van der Waals surface area (Å²) in [6.45, 7) is 2.61. The lowest BCUT2D eigenvalue weighted by atomic mass is 10.2. The fourth-order valence-electron chi connectivity index (χ4n) is 1.90. The van der Waals surface area contributed by atoms with Gasteiger partial charge in [-0.25, -0.2) is 13.2 Å². The van der Waals surface area contributed by atoms with Crippen molar-refractivity contribution in [1.29, 1.82) is 0 Å². The average Bonchev–Trinajstić information content (AvgIpc) is 2.74. The number of methoxy groups -OCH3 is 1. The molecule has 1 rings (SSSR count). The summed E-state index contributed by atoms with van der Waals surface area (Å²) in [5, 5.41) is 0. The molecule has 12 heteroatoms. The smallest absolute Gasteiger partial charge is 0.313 e. The number of benzene rings is 1. The summed E-state index contributed by atoms with van der Waals surface area (Å²) in [4.78, 5) is 11.5. The Bertz CT molecular complexity index is 631. The third kappa shape index (κ3) is 9.30. The van der Waals surface area contributed by atoms with Gasteiger partial charge in [0, 0.05) is 7.11 Å². The summed E-state index contributed by atoms with van der Waals surface area (Å²) in [6, 6.07) is 0. The van der Waals surface area contributed by atoms with Crippen LogP contribution in [0.15, 0.2) is 0 Å². The lowest BCUT2D eigenvalue weighted by Gasteiger charge is -2.09. The number of halogens is 5. The van der Waals surface area contributed by atoms with E-state index in [0.29, 0.717) is 39.6 Å². The van der Waals surface area contributed by atoms with Crippen molar-refractivity contribution in [2.45, 2.75) is 6.42 Å². The van der Waals surface area contributed by atoms with E-state index in [4.69, 9.17) is 23.7 Å². The van der Waals surface area contributed by atoms with Gasteiger partial charge in [-0.15, -0.1) is 0 Å². The molecule has 0 bridgehead atoms. The number of carbonyl (C=O) groups excluding carboxylic acids is 1. The van der Waals surface area contributed by atoms with Gasteiger partial charge in [0.05, 0.1) is 65.9 Å². The Labute approximate surface area is 169 Å². The van der Waals surface area contributed by atoms with Crippen molar-refractivity contribution in [1.82, 2.24) is 0 Å². The molecule has 1 aromatic rings. The summed E-state index contributed by atoms with van der Waals surface area (Å²) >= 11 is 0. The lowest BCUT2D eigenvalue weighted by Crippen LogP contribution is -2.16. The van der Waals surface area contributed by atoms with Crippen molar-refractivity contribution >= 4 is 5.97 Å². The van der Waals surface area contributed by atoms with Gasteiger partial charge in [-0.3, -0.25) is 4.79 Å². The Balaban J connectivity index is 2.09. The highest BCUT2D eigenvalue weighted by molar-refractivity contribution is 5.72. The van der Waals surface area contributed by atoms with Gasteiger partial charge in [0.15, 0.2) is 0 Å². The molecule has 0 aliphatic rings. The van der Waals surface area contributed by atoms with Crippen LogP contribution >= 0.6 is 0 Å². The predicted octanol–water partition coefficient (Wildman–Crippen LogP) is 2.39. The van der Waals surface area contributed by atoms with Crippen molar-refractivity contribution < 1.29 is 55.2 Å². The van der Waals surface area contributed by atoms with Crippen molar-refractivity contribution in [3.63, 3.8) is 0 Å². The van der Waals surface area contributed by atoms with Gasteiger partial charge >= 0.3 is 5.97 Å². The van der Waals surface area contributed by atoms with Gasteiger partial charge in [0.1, 0.15) is 0 Å². The summed E-state index contributed by atoms with van der Waals surface area (Å²) in [7, 11) is 1.58. The van der Waals surface area contributed by atoms with Crippen LogP contribution in [0.25, 0.3) is 0 Å². The Hall–Kier alpha value is -1.86. The van der Waals surface area contributed by atoms with Crippen molar-refractivity contribution in [3.05, 3.63) is 29.1 Å². The van der Waals surface area contributed by atoms with E-state index in [9.17, 15) is 26.7 Å². The first-order chi connectivity index (χ1) is 14.4. The number of ether oxygens (including phenoxy) is 6. The molecule has 0 amide bonds. The maximum absolute atomic E-state index is 13.4. The fraction of sp³-hybridized carbons (Fsp3) is 0.611. The zero-order valence-electron chi connectivity index (χ0n) is 16.3. The topological polar surface area (TPSA) is 72.5 Å². The highest BCUT2D eigenvalue weighted by atomic mass is 19.2. The first kappa shape index (κ1) is 26.2. The van der Waals surface area contributed by atoms with Gasteiger partial charge in [0.2, 0.25) is 34.8 Å². The molecule has 0 fully saturated rings. The second-order valence-corrected chi connectivity index (χ2v) is 5.57. The van der Waals surface area contributed by atoms with Crippen molar-refractivity contribution in [2.75, 3.05) is 66.6 Å². The van der Waals surface area contributed by atoms with Gasteiger partial charge < -0.3 is 28.4 Å². The van der Waals surface area contributed by atoms with Crippen LogP contribution in [0.3, 0.4) is 0 Å². The fourth-order valence-corrected chi connectivity index (χ4v) is 1.90. The maximum atomic E-state index is 13.4. The quantitative estimate of drug-likeness (QED) is 0.0965. The Morgan fingerprint density at radius 1 is 0.600 bits per heavy atom. The Morgan fingerprint density at radius 3 is 1.40 bits per heavy atom. The Morgan fingerprint density at radius 2 is 0.967 bits per heavy atom. The van der Waals surface area contributed by atoms with E-state index in [0.717, 1.165) is 0 Å². The number of hydrogen-bond acceptors (Lipinski definition) is 7. The monoisotopic (exact) mass is 446 g/mol. The second-order valence-electron chi connectivity index (χ2n) is 5.57. The van der Waals surface area contributed by atoms with E-state index in [1.165, 1.54) is 0 Å². The number of hydrogen-bond donors (Lipinski definition) is 0. The molecule has 172 valence electrons. The molecule has 0 unspecified atom stereocenters. The van der Waals surface area contributed by atoms with E-state index >= 15 is 0 Å². The Kier molecular flexibility index (Phi) is 13.1. The normalized spacial score (nSPS) is 11.1. The highest BCUT2D eigenvalue weighted by Crippen LogP contribution is 2.29. The summed E-state index contributed by atoms with van der Waals surface area (Å²) < 4.78 is 95.5. The predicted molar refractivity (Wildman–Crippen MR) is 91.6 cm³/mol. The SMILES string of the molecule is COCCOCCOCCOCCOCCC(=O)Oc1c(F)c(F)c(F)c(F)c1F. The van der Waals surface area contributed by atoms with E-state index in [1.54, 1.807) is 7.11 Å². The van der Waals surface area contributed by atoms with Crippen LogP contribution in [0.2, 0.25) is 0 Å². The molecule has 0 radical (unpaired) electrons. The number of rotatable bonds is 16. The highest BCUT2D eigenvalue weighted by Gasteiger charge is 2.28. The van der Waals surface area contributed by atoms with Crippen LogP contribution in [0.5, 0.6) is 5.75 Å². The largest absolute Gasteiger partial charge is 0.420 e. The molecular weight excluding hydrogens is 423 g/mol. The van der Waals surface area contributed by atoms with E-state index in [1.807, 2.05) is 0 Å². The standard InChI is InChI=1S/C18H23F5O7/c1-25-4-5-27-8-9-29-11-10-28-7-6-26-3-2-12(24)30-18-16(22)14(20)13(19)15(21)17(18)23/h2-11H2,1H3. The van der Waals surface area contributed by atoms with Gasteiger partial charge in [0.25, 0.3) is 0 Å². The average molecular weight is 446 g/mol. The second kappa shape index (κ2) is 15.0. The van der Waals surface area contributed by atoms with Crippen LogP contribution in [-0.2, 0) is 28.5 Å². The molecule has 0 aromatic heterocycles. The molecule has 0 aliphatic carbocycles. The molecule has 30 heavy (non-hydrogen) atoms. The lowest BCUT2D eigenvalue weighted by molar-refractivity contribution is -0.136. The van der Waals surface area contributed by atoms with E-state index in [2.05, 4.69) is 4.74 Å². The third-order valence-corrected chi connectivity index (χ3v) is 3.38. The molecule has 0 saturated carbocycles. The zero-order chi connectivity index (χ0) is 22.4. The molecule has 0 N–H and O–H groups in total. The van der Waals surface area contributed by atoms with Crippen LogP contribution < -0.4 is 4.74 Å². The van der Waals surface area contributed by atoms with E-state index in [-0.39, 0.29) is 19.8 Å². The molecule has 0 atom stereocenters. The van der Waals surface area contributed by atoms with Gasteiger partial charge in [-0.05, 0) is 0 Å². The van der Waals surface area contributed by atoms with Crippen LogP contribution in [0, 0.1) is 29.1 Å². The van der Waals surface area contributed by atoms with Gasteiger partial charge in [-0.1, -0.05) is 0 Å². The molecule has 1 aromatic carbocycles. The first-order valence-electron chi connectivity index (χ1n) is 8.92. The van der Waals surface area contributed by atoms with E-state index < -0.39 is 47.2 Å². The summed E-state index contributed by atoms with van der Waals surface area (Å²) in [5.74, 6) is -14.1. The third-order valence-electron chi connectivity index (χ3n) is 3.38. The van der Waals surface area contributed by atoms with Crippen LogP contribution in [0.4, 0.5) is 22.0 Å².